The molecule has 0 aliphatic rings. The van der Waals surface area contributed by atoms with Gasteiger partial charge in [-0.25, -0.2) is 4.79 Å². The molecule has 0 fully saturated rings. The molecule has 17 heavy (non-hydrogen) atoms. The van der Waals surface area contributed by atoms with Crippen LogP contribution in [0.3, 0.4) is 0 Å². The van der Waals surface area contributed by atoms with Crippen LogP contribution in [0.1, 0.15) is 34.6 Å². The SMILES string of the molecule is COC(C)(C)CNCCNC(=O)OC(C)(C)C. The van der Waals surface area contributed by atoms with Crippen molar-refractivity contribution in [1.29, 1.82) is 0 Å². The van der Waals surface area contributed by atoms with E-state index in [9.17, 15) is 4.79 Å². The summed E-state index contributed by atoms with van der Waals surface area (Å²) in [5.74, 6) is 0. The lowest BCUT2D eigenvalue weighted by Gasteiger charge is -2.23. The molecule has 0 rings (SSSR count). The number of nitrogens with one attached hydrogen (secondary N) is 2. The van der Waals surface area contributed by atoms with Crippen molar-refractivity contribution in [3.8, 4) is 0 Å². The average Bonchev–Trinajstić information content (AvgIpc) is 2.14. The van der Waals surface area contributed by atoms with Gasteiger partial charge < -0.3 is 20.1 Å². The molecule has 0 heterocycles. The third-order valence-electron chi connectivity index (χ3n) is 2.07. The van der Waals surface area contributed by atoms with E-state index in [0.29, 0.717) is 13.1 Å². The highest BCUT2D eigenvalue weighted by Gasteiger charge is 2.16. The molecule has 102 valence electrons. The molecule has 0 bridgehead atoms. The van der Waals surface area contributed by atoms with Gasteiger partial charge in [0.2, 0.25) is 0 Å². The molecule has 2 N–H and O–H groups in total. The second kappa shape index (κ2) is 6.81. The van der Waals surface area contributed by atoms with Crippen molar-refractivity contribution < 1.29 is 14.3 Å². The monoisotopic (exact) mass is 246 g/mol. The van der Waals surface area contributed by atoms with E-state index in [4.69, 9.17) is 9.47 Å². The molecule has 1 amide bonds. The van der Waals surface area contributed by atoms with E-state index in [1.165, 1.54) is 0 Å². The van der Waals surface area contributed by atoms with Crippen LogP contribution in [0.4, 0.5) is 4.79 Å². The lowest BCUT2D eigenvalue weighted by molar-refractivity contribution is 0.0234. The predicted molar refractivity (Wildman–Crippen MR) is 68.2 cm³/mol. The predicted octanol–water partition coefficient (Wildman–Crippen LogP) is 1.53. The maximum Gasteiger partial charge on any atom is 0.407 e. The average molecular weight is 246 g/mol. The Labute approximate surface area is 104 Å². The molecule has 0 aromatic carbocycles. The summed E-state index contributed by atoms with van der Waals surface area (Å²) >= 11 is 0. The number of hydrogen-bond donors (Lipinski definition) is 2. The van der Waals surface area contributed by atoms with Crippen molar-refractivity contribution in [2.24, 2.45) is 0 Å². The topological polar surface area (TPSA) is 59.6 Å². The van der Waals surface area contributed by atoms with Gasteiger partial charge in [-0.05, 0) is 34.6 Å². The third kappa shape index (κ3) is 10.1. The van der Waals surface area contributed by atoms with Crippen LogP contribution < -0.4 is 10.6 Å². The molecule has 0 aromatic rings. The quantitative estimate of drug-likeness (QED) is 0.698. The summed E-state index contributed by atoms with van der Waals surface area (Å²) in [6.07, 6.45) is -0.384. The summed E-state index contributed by atoms with van der Waals surface area (Å²) in [5, 5.41) is 5.88. The van der Waals surface area contributed by atoms with Gasteiger partial charge in [-0.15, -0.1) is 0 Å². The summed E-state index contributed by atoms with van der Waals surface area (Å²) < 4.78 is 10.4. The van der Waals surface area contributed by atoms with E-state index in [1.54, 1.807) is 7.11 Å². The molecule has 0 saturated heterocycles. The van der Waals surface area contributed by atoms with Crippen LogP contribution in [0, 0.1) is 0 Å². The normalized spacial score (nSPS) is 12.4. The molecule has 0 unspecified atom stereocenters. The number of rotatable bonds is 6. The van der Waals surface area contributed by atoms with E-state index in [-0.39, 0.29) is 11.7 Å². The Morgan fingerprint density at radius 1 is 1.12 bits per heavy atom. The maximum absolute atomic E-state index is 11.3. The van der Waals surface area contributed by atoms with Crippen molar-refractivity contribution in [1.82, 2.24) is 10.6 Å². The highest BCUT2D eigenvalue weighted by atomic mass is 16.6. The Hall–Kier alpha value is -0.810. The Bertz CT molecular complexity index is 234. The van der Waals surface area contributed by atoms with E-state index < -0.39 is 5.60 Å². The van der Waals surface area contributed by atoms with Crippen LogP contribution in [0.25, 0.3) is 0 Å². The van der Waals surface area contributed by atoms with Gasteiger partial charge in [-0.3, -0.25) is 0 Å². The van der Waals surface area contributed by atoms with Crippen LogP contribution in [0.2, 0.25) is 0 Å². The molecule has 0 aliphatic heterocycles. The Morgan fingerprint density at radius 2 is 1.71 bits per heavy atom. The van der Waals surface area contributed by atoms with Gasteiger partial charge >= 0.3 is 6.09 Å². The summed E-state index contributed by atoms with van der Waals surface area (Å²) in [6.45, 7) is 11.5. The van der Waals surface area contributed by atoms with E-state index >= 15 is 0 Å². The standard InChI is InChI=1S/C12H26N2O3/c1-11(2,3)17-10(15)14-8-7-13-9-12(4,5)16-6/h13H,7-9H2,1-6H3,(H,14,15). The molecule has 0 aromatic heterocycles. The molecular weight excluding hydrogens is 220 g/mol. The number of carbonyl (C=O) groups excluding carboxylic acids is 1. The van der Waals surface area contributed by atoms with Crippen molar-refractivity contribution in [3.05, 3.63) is 0 Å². The van der Waals surface area contributed by atoms with Crippen molar-refractivity contribution in [3.63, 3.8) is 0 Å². The highest BCUT2D eigenvalue weighted by molar-refractivity contribution is 5.67. The van der Waals surface area contributed by atoms with Gasteiger partial charge in [-0.1, -0.05) is 0 Å². The minimum Gasteiger partial charge on any atom is -0.444 e. The zero-order valence-electron chi connectivity index (χ0n) is 11.8. The first-order valence-electron chi connectivity index (χ1n) is 5.89. The third-order valence-corrected chi connectivity index (χ3v) is 2.07. The Balaban J connectivity index is 3.56. The number of amides is 1. The molecular formula is C12H26N2O3. The molecule has 0 saturated carbocycles. The summed E-state index contributed by atoms with van der Waals surface area (Å²) in [5.41, 5.74) is -0.637. The number of methoxy groups -OCH3 is 1. The Kier molecular flexibility index (Phi) is 6.49. The lowest BCUT2D eigenvalue weighted by atomic mass is 10.1. The number of alkyl carbamates (subject to hydrolysis) is 1. The lowest BCUT2D eigenvalue weighted by Crippen LogP contribution is -2.41. The Morgan fingerprint density at radius 3 is 2.18 bits per heavy atom. The second-order valence-corrected chi connectivity index (χ2v) is 5.57. The summed E-state index contributed by atoms with van der Waals surface area (Å²) in [7, 11) is 1.68. The fraction of sp³-hybridized carbons (Fsp3) is 0.917. The number of hydrogen-bond acceptors (Lipinski definition) is 4. The van der Waals surface area contributed by atoms with Crippen molar-refractivity contribution in [2.45, 2.75) is 45.8 Å². The minimum atomic E-state index is -0.449. The fourth-order valence-corrected chi connectivity index (χ4v) is 1.03. The highest BCUT2D eigenvalue weighted by Crippen LogP contribution is 2.06. The second-order valence-electron chi connectivity index (χ2n) is 5.57. The number of ether oxygens (including phenoxy) is 2. The smallest absolute Gasteiger partial charge is 0.407 e. The molecule has 0 radical (unpaired) electrons. The van der Waals surface area contributed by atoms with Crippen LogP contribution in [-0.2, 0) is 9.47 Å². The zero-order chi connectivity index (χ0) is 13.5. The number of carbonyl (C=O) groups is 1. The fourth-order valence-electron chi connectivity index (χ4n) is 1.03. The summed E-state index contributed by atoms with van der Waals surface area (Å²) in [6, 6.07) is 0. The van der Waals surface area contributed by atoms with E-state index in [0.717, 1.165) is 6.54 Å². The molecule has 0 aliphatic carbocycles. The van der Waals surface area contributed by atoms with Crippen LogP contribution in [0.5, 0.6) is 0 Å². The minimum absolute atomic E-state index is 0.189. The van der Waals surface area contributed by atoms with Crippen LogP contribution >= 0.6 is 0 Å². The van der Waals surface area contributed by atoms with Gasteiger partial charge in [-0.2, -0.15) is 0 Å². The van der Waals surface area contributed by atoms with Crippen molar-refractivity contribution in [2.75, 3.05) is 26.7 Å². The van der Waals surface area contributed by atoms with E-state index in [1.807, 2.05) is 34.6 Å². The van der Waals surface area contributed by atoms with Gasteiger partial charge in [0, 0.05) is 26.7 Å². The van der Waals surface area contributed by atoms with E-state index in [2.05, 4.69) is 10.6 Å². The van der Waals surface area contributed by atoms with Gasteiger partial charge in [0.1, 0.15) is 5.60 Å². The first kappa shape index (κ1) is 16.2. The summed E-state index contributed by atoms with van der Waals surface area (Å²) in [4.78, 5) is 11.3. The largest absolute Gasteiger partial charge is 0.444 e. The molecule has 0 atom stereocenters. The van der Waals surface area contributed by atoms with Crippen molar-refractivity contribution >= 4 is 6.09 Å². The molecule has 0 spiro atoms. The first-order valence-corrected chi connectivity index (χ1v) is 5.89. The zero-order valence-corrected chi connectivity index (χ0v) is 11.8. The van der Waals surface area contributed by atoms with Gasteiger partial charge in [0.05, 0.1) is 5.60 Å². The van der Waals surface area contributed by atoms with Gasteiger partial charge in [0.25, 0.3) is 0 Å². The maximum atomic E-state index is 11.3. The first-order chi connectivity index (χ1) is 7.66. The molecule has 5 nitrogen and oxygen atoms in total. The van der Waals surface area contributed by atoms with Gasteiger partial charge in [0.15, 0.2) is 0 Å². The van der Waals surface area contributed by atoms with Crippen LogP contribution in [-0.4, -0.2) is 44.0 Å². The van der Waals surface area contributed by atoms with Crippen LogP contribution in [0.15, 0.2) is 0 Å². The molecule has 5 heteroatoms.